The van der Waals surface area contributed by atoms with E-state index in [1.54, 1.807) is 25.4 Å². The lowest BCUT2D eigenvalue weighted by atomic mass is 10.2. The van der Waals surface area contributed by atoms with E-state index in [1.807, 2.05) is 0 Å². The van der Waals surface area contributed by atoms with Crippen LogP contribution in [0.3, 0.4) is 0 Å². The van der Waals surface area contributed by atoms with E-state index in [-0.39, 0.29) is 12.3 Å². The fourth-order valence-corrected chi connectivity index (χ4v) is 1.08. The molecule has 6 nitrogen and oxygen atoms in total. The van der Waals surface area contributed by atoms with Crippen LogP contribution in [0.2, 0.25) is 0 Å². The first-order valence-electron chi connectivity index (χ1n) is 4.40. The van der Waals surface area contributed by atoms with Crippen molar-refractivity contribution in [2.75, 3.05) is 11.9 Å². The molecular weight excluding hydrogens is 198 g/mol. The number of nitrogens with two attached hydrogens (primary N) is 1. The van der Waals surface area contributed by atoms with Crippen LogP contribution in [0, 0.1) is 0 Å². The zero-order chi connectivity index (χ0) is 11.4. The Morgan fingerprint density at radius 3 is 2.80 bits per heavy atom. The maximum absolute atomic E-state index is 11.5. The molecule has 15 heavy (non-hydrogen) atoms. The van der Waals surface area contributed by atoms with Crippen LogP contribution in [0.1, 0.15) is 6.42 Å². The number of carbonyl (C=O) groups excluding carboxylic acids is 1. The molecule has 6 heteroatoms. The summed E-state index contributed by atoms with van der Waals surface area (Å²) in [5.41, 5.74) is 5.25. The summed E-state index contributed by atoms with van der Waals surface area (Å²) in [6.07, 6.45) is 1.46. The second kappa shape index (κ2) is 4.61. The van der Waals surface area contributed by atoms with Gasteiger partial charge in [0.2, 0.25) is 5.91 Å². The summed E-state index contributed by atoms with van der Waals surface area (Å²) in [4.78, 5) is 26.1. The van der Waals surface area contributed by atoms with Crippen LogP contribution >= 0.6 is 0 Å². The Morgan fingerprint density at radius 2 is 2.33 bits per heavy atom. The number of amides is 1. The molecule has 1 heterocycles. The molecule has 0 aromatic carbocycles. The minimum Gasteiger partial charge on any atom is -0.480 e. The average molecular weight is 211 g/mol. The molecule has 0 spiro atoms. The third kappa shape index (κ3) is 2.81. The Bertz CT molecular complexity index is 347. The summed E-state index contributed by atoms with van der Waals surface area (Å²) in [5, 5.41) is 8.54. The maximum Gasteiger partial charge on any atom is 0.321 e. The van der Waals surface area contributed by atoms with Crippen molar-refractivity contribution in [3.05, 3.63) is 18.3 Å². The van der Waals surface area contributed by atoms with E-state index >= 15 is 0 Å². The van der Waals surface area contributed by atoms with E-state index in [1.165, 1.54) is 4.90 Å². The number of nitrogens with zero attached hydrogens (tertiary/aromatic N) is 1. The number of aliphatic carboxylic acids is 1. The number of rotatable bonds is 4. The number of anilines is 1. The van der Waals surface area contributed by atoms with E-state index in [0.717, 1.165) is 0 Å². The third-order valence-electron chi connectivity index (χ3n) is 2.03. The topological polar surface area (TPSA) is 99.4 Å². The van der Waals surface area contributed by atoms with Crippen molar-refractivity contribution in [3.8, 4) is 0 Å². The van der Waals surface area contributed by atoms with Gasteiger partial charge in [-0.2, -0.15) is 0 Å². The van der Waals surface area contributed by atoms with Gasteiger partial charge in [0, 0.05) is 13.2 Å². The second-order valence-corrected chi connectivity index (χ2v) is 3.16. The van der Waals surface area contributed by atoms with Crippen LogP contribution < -0.4 is 10.6 Å². The van der Waals surface area contributed by atoms with Gasteiger partial charge in [0.05, 0.1) is 6.42 Å². The molecule has 1 atom stereocenters. The number of aromatic amines is 1. The van der Waals surface area contributed by atoms with Gasteiger partial charge < -0.3 is 20.7 Å². The van der Waals surface area contributed by atoms with Crippen LogP contribution in [0.4, 0.5) is 5.82 Å². The normalized spacial score (nSPS) is 12.1. The number of H-pyrrole nitrogens is 1. The second-order valence-electron chi connectivity index (χ2n) is 3.16. The number of carboxylic acid groups (broad SMARTS) is 1. The first-order valence-corrected chi connectivity index (χ1v) is 4.40. The third-order valence-corrected chi connectivity index (χ3v) is 2.03. The molecule has 1 aromatic heterocycles. The lowest BCUT2D eigenvalue weighted by Crippen LogP contribution is -2.38. The standard InChI is InChI=1S/C9H13N3O3/c1-12(7-3-2-4-11-7)8(13)5-6(10)9(14)15/h2-4,6,11H,5,10H2,1H3,(H,14,15). The van der Waals surface area contributed by atoms with Crippen molar-refractivity contribution in [1.29, 1.82) is 0 Å². The Hall–Kier alpha value is -1.82. The molecule has 0 saturated heterocycles. The molecule has 1 unspecified atom stereocenters. The lowest BCUT2D eigenvalue weighted by Gasteiger charge is -2.16. The van der Waals surface area contributed by atoms with E-state index in [0.29, 0.717) is 5.82 Å². The quantitative estimate of drug-likeness (QED) is 0.641. The summed E-state index contributed by atoms with van der Waals surface area (Å²) in [6.45, 7) is 0. The average Bonchev–Trinajstić information content (AvgIpc) is 2.68. The van der Waals surface area contributed by atoms with Crippen LogP contribution in [-0.4, -0.2) is 35.1 Å². The highest BCUT2D eigenvalue weighted by Crippen LogP contribution is 2.09. The number of nitrogens with one attached hydrogen (secondary N) is 1. The fourth-order valence-electron chi connectivity index (χ4n) is 1.08. The van der Waals surface area contributed by atoms with Crippen molar-refractivity contribution in [2.45, 2.75) is 12.5 Å². The van der Waals surface area contributed by atoms with Crippen molar-refractivity contribution < 1.29 is 14.7 Å². The Balaban J connectivity index is 2.58. The van der Waals surface area contributed by atoms with E-state index in [4.69, 9.17) is 10.8 Å². The Kier molecular flexibility index (Phi) is 3.46. The first-order chi connectivity index (χ1) is 7.02. The molecule has 1 amide bonds. The van der Waals surface area contributed by atoms with Crippen LogP contribution in [0.25, 0.3) is 0 Å². The number of hydrogen-bond acceptors (Lipinski definition) is 3. The summed E-state index contributed by atoms with van der Waals surface area (Å²) < 4.78 is 0. The predicted molar refractivity (Wildman–Crippen MR) is 54.4 cm³/mol. The molecule has 0 radical (unpaired) electrons. The summed E-state index contributed by atoms with van der Waals surface area (Å²) >= 11 is 0. The highest BCUT2D eigenvalue weighted by Gasteiger charge is 2.19. The molecule has 1 aromatic rings. The van der Waals surface area contributed by atoms with E-state index < -0.39 is 12.0 Å². The smallest absolute Gasteiger partial charge is 0.321 e. The Morgan fingerprint density at radius 1 is 1.67 bits per heavy atom. The molecule has 0 aliphatic heterocycles. The SMILES string of the molecule is CN(C(=O)CC(N)C(=O)O)c1ccc[nH]1. The molecule has 0 aliphatic rings. The molecule has 0 fully saturated rings. The molecule has 1 rings (SSSR count). The maximum atomic E-state index is 11.5. The Labute approximate surface area is 86.7 Å². The van der Waals surface area contributed by atoms with Crippen molar-refractivity contribution >= 4 is 17.7 Å². The van der Waals surface area contributed by atoms with Gasteiger partial charge >= 0.3 is 5.97 Å². The van der Waals surface area contributed by atoms with Gasteiger partial charge in [-0.3, -0.25) is 9.59 Å². The minimum absolute atomic E-state index is 0.217. The predicted octanol–water partition coefficient (Wildman–Crippen LogP) is -0.220. The molecule has 0 saturated carbocycles. The van der Waals surface area contributed by atoms with Crippen LogP contribution in [0.15, 0.2) is 18.3 Å². The van der Waals surface area contributed by atoms with Crippen molar-refractivity contribution in [1.82, 2.24) is 4.98 Å². The number of carbonyl (C=O) groups is 2. The van der Waals surface area contributed by atoms with Gasteiger partial charge in [0.15, 0.2) is 0 Å². The summed E-state index contributed by atoms with van der Waals surface area (Å²) in [6, 6.07) is 2.30. The minimum atomic E-state index is -1.18. The van der Waals surface area contributed by atoms with Gasteiger partial charge in [0.25, 0.3) is 0 Å². The lowest BCUT2D eigenvalue weighted by molar-refractivity contribution is -0.140. The van der Waals surface area contributed by atoms with E-state index in [9.17, 15) is 9.59 Å². The number of aromatic nitrogens is 1. The molecule has 4 N–H and O–H groups in total. The zero-order valence-corrected chi connectivity index (χ0v) is 8.30. The summed E-state index contributed by atoms with van der Waals surface area (Å²) in [5.74, 6) is -0.909. The number of carboxylic acids is 1. The fraction of sp³-hybridized carbons (Fsp3) is 0.333. The van der Waals surface area contributed by atoms with Gasteiger partial charge in [-0.1, -0.05) is 0 Å². The molecule has 82 valence electrons. The number of hydrogen-bond donors (Lipinski definition) is 3. The molecular formula is C9H13N3O3. The molecule has 0 bridgehead atoms. The zero-order valence-electron chi connectivity index (χ0n) is 8.30. The van der Waals surface area contributed by atoms with Gasteiger partial charge in [-0.15, -0.1) is 0 Å². The van der Waals surface area contributed by atoms with Gasteiger partial charge in [-0.05, 0) is 12.1 Å². The highest BCUT2D eigenvalue weighted by atomic mass is 16.4. The van der Waals surface area contributed by atoms with Crippen LogP contribution in [-0.2, 0) is 9.59 Å². The largest absolute Gasteiger partial charge is 0.480 e. The molecule has 0 aliphatic carbocycles. The van der Waals surface area contributed by atoms with Crippen LogP contribution in [0.5, 0.6) is 0 Å². The highest BCUT2D eigenvalue weighted by molar-refractivity contribution is 5.94. The monoisotopic (exact) mass is 211 g/mol. The van der Waals surface area contributed by atoms with Crippen molar-refractivity contribution in [2.24, 2.45) is 5.73 Å². The first kappa shape index (κ1) is 11.3. The van der Waals surface area contributed by atoms with Crippen molar-refractivity contribution in [3.63, 3.8) is 0 Å². The van der Waals surface area contributed by atoms with Gasteiger partial charge in [0.1, 0.15) is 11.9 Å². The van der Waals surface area contributed by atoms with Gasteiger partial charge in [-0.25, -0.2) is 0 Å². The summed E-state index contributed by atoms with van der Waals surface area (Å²) in [7, 11) is 1.56. The van der Waals surface area contributed by atoms with E-state index in [2.05, 4.69) is 4.98 Å².